The summed E-state index contributed by atoms with van der Waals surface area (Å²) < 4.78 is 8.63. The molecule has 1 saturated heterocycles. The largest absolute Gasteiger partial charge is 0.464 e. The number of aromatic nitrogens is 4. The molecule has 1 N–H and O–H groups in total. The molecule has 2 aromatic carbocycles. The molecule has 6 rings (SSSR count). The number of rotatable bonds is 6. The molecule has 1 fully saturated rings. The van der Waals surface area contributed by atoms with Gasteiger partial charge in [-0.05, 0) is 49.1 Å². The van der Waals surface area contributed by atoms with Crippen molar-refractivity contribution < 1.29 is 9.52 Å². The molecule has 0 bridgehead atoms. The van der Waals surface area contributed by atoms with Crippen molar-refractivity contribution in [2.45, 2.75) is 31.5 Å². The van der Waals surface area contributed by atoms with Gasteiger partial charge < -0.3 is 9.52 Å². The van der Waals surface area contributed by atoms with Crippen molar-refractivity contribution in [1.82, 2.24) is 24.2 Å². The molecular weight excluding hydrogens is 514 g/mol. The number of nitrogens with zero attached hydrogens (tertiary/aromatic N) is 5. The van der Waals surface area contributed by atoms with Crippen molar-refractivity contribution in [3.05, 3.63) is 101 Å². The minimum Gasteiger partial charge on any atom is -0.464 e. The van der Waals surface area contributed by atoms with Crippen LogP contribution in [0.1, 0.15) is 24.0 Å². The summed E-state index contributed by atoms with van der Waals surface area (Å²) in [6.07, 6.45) is 4.23. The van der Waals surface area contributed by atoms with Crippen molar-refractivity contribution in [2.75, 3.05) is 13.1 Å². The van der Waals surface area contributed by atoms with E-state index in [1.807, 2.05) is 54.6 Å². The first-order valence-electron chi connectivity index (χ1n) is 12.9. The van der Waals surface area contributed by atoms with Gasteiger partial charge in [-0.1, -0.05) is 48.0 Å². The molecule has 0 spiro atoms. The van der Waals surface area contributed by atoms with Crippen LogP contribution in [0.15, 0.2) is 76.4 Å². The molecule has 0 unspecified atom stereocenters. The van der Waals surface area contributed by atoms with Crippen molar-refractivity contribution in [1.29, 1.82) is 0 Å². The van der Waals surface area contributed by atoms with Gasteiger partial charge in [0.05, 0.1) is 30.4 Å². The summed E-state index contributed by atoms with van der Waals surface area (Å²) in [6, 6.07) is 17.4. The van der Waals surface area contributed by atoms with Crippen LogP contribution in [0.4, 0.5) is 0 Å². The Balaban J connectivity index is 1.15. The van der Waals surface area contributed by atoms with E-state index in [9.17, 15) is 9.90 Å². The SMILES string of the molecule is [CH2]c1ccc(-c2c3ncn(CC4(O)CCN(Cc5ccc(-c6ccco6)cc5Cl)CC4)c(=O)c3nn2C)cc1. The van der Waals surface area contributed by atoms with Gasteiger partial charge in [0.25, 0.3) is 5.56 Å². The third-order valence-corrected chi connectivity index (χ3v) is 7.90. The summed E-state index contributed by atoms with van der Waals surface area (Å²) in [7, 11) is 1.80. The first-order chi connectivity index (χ1) is 18.8. The van der Waals surface area contributed by atoms with Gasteiger partial charge in [-0.3, -0.25) is 18.9 Å². The van der Waals surface area contributed by atoms with E-state index in [0.717, 1.165) is 33.7 Å². The summed E-state index contributed by atoms with van der Waals surface area (Å²) >= 11 is 6.58. The Morgan fingerprint density at radius 3 is 2.51 bits per heavy atom. The molecule has 0 saturated carbocycles. The molecule has 9 heteroatoms. The van der Waals surface area contributed by atoms with Gasteiger partial charge >= 0.3 is 0 Å². The molecule has 5 aromatic rings. The van der Waals surface area contributed by atoms with E-state index in [0.29, 0.717) is 48.5 Å². The molecule has 1 aliphatic rings. The smallest absolute Gasteiger partial charge is 0.281 e. The Morgan fingerprint density at radius 1 is 1.08 bits per heavy atom. The molecule has 8 nitrogen and oxygen atoms in total. The predicted octanol–water partition coefficient (Wildman–Crippen LogP) is 4.92. The molecule has 0 amide bonds. The molecule has 199 valence electrons. The molecular formula is C30H29ClN5O3. The summed E-state index contributed by atoms with van der Waals surface area (Å²) in [5, 5.41) is 16.5. The molecule has 1 aliphatic heterocycles. The van der Waals surface area contributed by atoms with Crippen LogP contribution in [0.5, 0.6) is 0 Å². The third kappa shape index (κ3) is 5.03. The fourth-order valence-electron chi connectivity index (χ4n) is 5.31. The zero-order valence-electron chi connectivity index (χ0n) is 21.7. The monoisotopic (exact) mass is 542 g/mol. The number of hydrogen-bond donors (Lipinski definition) is 1. The molecule has 39 heavy (non-hydrogen) atoms. The number of furan rings is 1. The lowest BCUT2D eigenvalue weighted by Crippen LogP contribution is -2.47. The van der Waals surface area contributed by atoms with E-state index in [2.05, 4.69) is 21.9 Å². The Bertz CT molecular complexity index is 1680. The first kappa shape index (κ1) is 25.6. The third-order valence-electron chi connectivity index (χ3n) is 7.54. The van der Waals surface area contributed by atoms with E-state index in [1.54, 1.807) is 18.0 Å². The van der Waals surface area contributed by atoms with Crippen molar-refractivity contribution in [3.8, 4) is 22.6 Å². The van der Waals surface area contributed by atoms with Crippen molar-refractivity contribution >= 4 is 22.6 Å². The molecule has 0 atom stereocenters. The second-order valence-electron chi connectivity index (χ2n) is 10.3. The lowest BCUT2D eigenvalue weighted by Gasteiger charge is -2.38. The van der Waals surface area contributed by atoms with E-state index in [-0.39, 0.29) is 12.1 Å². The van der Waals surface area contributed by atoms with E-state index in [4.69, 9.17) is 16.0 Å². The Labute approximate surface area is 231 Å². The highest BCUT2D eigenvalue weighted by Crippen LogP contribution is 2.30. The van der Waals surface area contributed by atoms with Crippen LogP contribution in [0.25, 0.3) is 33.6 Å². The van der Waals surface area contributed by atoms with Gasteiger partial charge in [0.15, 0.2) is 5.52 Å². The minimum atomic E-state index is -1.01. The van der Waals surface area contributed by atoms with Gasteiger partial charge in [0.1, 0.15) is 11.3 Å². The van der Waals surface area contributed by atoms with Crippen molar-refractivity contribution in [2.24, 2.45) is 7.05 Å². The number of hydrogen-bond acceptors (Lipinski definition) is 6. The van der Waals surface area contributed by atoms with E-state index >= 15 is 0 Å². The van der Waals surface area contributed by atoms with Crippen LogP contribution in [0, 0.1) is 6.92 Å². The number of aliphatic hydroxyl groups is 1. The number of fused-ring (bicyclic) bond motifs is 1. The van der Waals surface area contributed by atoms with Gasteiger partial charge in [-0.25, -0.2) is 4.98 Å². The second kappa shape index (κ2) is 10.1. The van der Waals surface area contributed by atoms with Gasteiger partial charge in [0, 0.05) is 42.8 Å². The summed E-state index contributed by atoms with van der Waals surface area (Å²) in [4.78, 5) is 20.2. The molecule has 0 aliphatic carbocycles. The van der Waals surface area contributed by atoms with Crippen LogP contribution in [0.3, 0.4) is 0 Å². The average Bonchev–Trinajstić information content (AvgIpc) is 3.57. The first-order valence-corrected chi connectivity index (χ1v) is 13.3. The summed E-state index contributed by atoms with van der Waals surface area (Å²) in [5.41, 5.74) is 4.14. The topological polar surface area (TPSA) is 89.3 Å². The Hall–Kier alpha value is -3.72. The highest BCUT2D eigenvalue weighted by Gasteiger charge is 2.33. The quantitative estimate of drug-likeness (QED) is 0.327. The van der Waals surface area contributed by atoms with Crippen molar-refractivity contribution in [3.63, 3.8) is 0 Å². The fraction of sp³-hybridized carbons (Fsp3) is 0.267. The fourth-order valence-corrected chi connectivity index (χ4v) is 5.55. The normalized spacial score (nSPS) is 15.7. The van der Waals surface area contributed by atoms with Gasteiger partial charge in [-0.15, -0.1) is 0 Å². The van der Waals surface area contributed by atoms with Crippen LogP contribution >= 0.6 is 11.6 Å². The van der Waals surface area contributed by atoms with Gasteiger partial charge in [0.2, 0.25) is 0 Å². The summed E-state index contributed by atoms with van der Waals surface area (Å²) in [5.74, 6) is 0.782. The lowest BCUT2D eigenvalue weighted by atomic mass is 9.91. The maximum absolute atomic E-state index is 13.3. The minimum absolute atomic E-state index is 0.170. The number of benzene rings is 2. The highest BCUT2D eigenvalue weighted by molar-refractivity contribution is 6.31. The van der Waals surface area contributed by atoms with E-state index in [1.165, 1.54) is 10.9 Å². The lowest BCUT2D eigenvalue weighted by molar-refractivity contribution is -0.0364. The molecule has 4 heterocycles. The summed E-state index contributed by atoms with van der Waals surface area (Å²) in [6.45, 7) is 6.16. The predicted molar refractivity (Wildman–Crippen MR) is 151 cm³/mol. The Kier molecular flexibility index (Phi) is 6.62. The number of piperidine rings is 1. The van der Waals surface area contributed by atoms with E-state index < -0.39 is 5.60 Å². The Morgan fingerprint density at radius 2 is 1.82 bits per heavy atom. The highest BCUT2D eigenvalue weighted by atomic mass is 35.5. The average molecular weight is 543 g/mol. The zero-order chi connectivity index (χ0) is 27.1. The van der Waals surface area contributed by atoms with Crippen LogP contribution < -0.4 is 5.56 Å². The van der Waals surface area contributed by atoms with Gasteiger partial charge in [-0.2, -0.15) is 5.10 Å². The number of likely N-dealkylation sites (tertiary alicyclic amines) is 1. The molecule has 1 radical (unpaired) electrons. The standard InChI is InChI=1S/C30H29ClN5O3/c1-20-5-7-21(8-6-20)28-26-27(33-34(28)2)29(37)36(19-32-26)18-30(38)11-13-35(14-12-30)17-23-10-9-22(16-24(23)31)25-4-3-15-39-25/h3-10,15-16,19,38H,1,11-14,17-18H2,2H3. The van der Waals surface area contributed by atoms with Crippen LogP contribution in [0.2, 0.25) is 5.02 Å². The number of halogens is 1. The van der Waals surface area contributed by atoms with Crippen LogP contribution in [-0.4, -0.2) is 48.0 Å². The number of aryl methyl sites for hydroxylation is 1. The van der Waals surface area contributed by atoms with Crippen LogP contribution in [-0.2, 0) is 20.1 Å². The maximum Gasteiger partial charge on any atom is 0.281 e. The molecule has 3 aromatic heterocycles. The second-order valence-corrected chi connectivity index (χ2v) is 10.7. The maximum atomic E-state index is 13.3. The zero-order valence-corrected chi connectivity index (χ0v) is 22.4.